The summed E-state index contributed by atoms with van der Waals surface area (Å²) in [7, 11) is 0. The van der Waals surface area contributed by atoms with Crippen LogP contribution in [0.25, 0.3) is 22.1 Å². The van der Waals surface area contributed by atoms with E-state index in [4.69, 9.17) is 12.2 Å². The molecule has 1 aromatic carbocycles. The normalized spacial score (nSPS) is 12.1. The second-order valence-corrected chi connectivity index (χ2v) is 7.52. The van der Waals surface area contributed by atoms with Gasteiger partial charge in [-0.2, -0.15) is 10.2 Å². The zero-order valence-electron chi connectivity index (χ0n) is 15.1. The van der Waals surface area contributed by atoms with Gasteiger partial charge in [0.05, 0.1) is 4.88 Å². The number of nitrogens with zero attached hydrogens (tertiary/aromatic N) is 4. The molecule has 3 heterocycles. The average molecular weight is 412 g/mol. The Hall–Kier alpha value is -3.11. The zero-order chi connectivity index (χ0) is 19.7. The van der Waals surface area contributed by atoms with E-state index in [0.29, 0.717) is 22.1 Å². The molecule has 4 aromatic rings. The maximum absolute atomic E-state index is 12.8. The molecule has 0 spiro atoms. The van der Waals surface area contributed by atoms with Gasteiger partial charge in [0.25, 0.3) is 0 Å². The number of nitrogens with one attached hydrogen (secondary N) is 3. The Bertz CT molecular complexity index is 1160. The second kappa shape index (κ2) is 7.49. The van der Waals surface area contributed by atoms with Crippen LogP contribution in [0.15, 0.2) is 41.8 Å². The van der Waals surface area contributed by atoms with E-state index in [1.165, 1.54) is 0 Å². The molecule has 0 bridgehead atoms. The van der Waals surface area contributed by atoms with E-state index in [0.717, 1.165) is 16.3 Å². The number of H-pyrrole nitrogens is 2. The Morgan fingerprint density at radius 2 is 2.00 bits per heavy atom. The number of aromatic nitrogens is 6. The number of carbonyl (C=O) groups excluding carboxylic acids is 1. The van der Waals surface area contributed by atoms with Crippen LogP contribution < -0.4 is 5.32 Å². The topological polar surface area (TPSA) is 104 Å². The molecule has 1 atom stereocenters. The standard InChI is InChI=1S/C18H17N7OS2/c1-10(25-16(23-24-18(25)27)14-4-3-9-28-14)17(26)20-13-7-5-12(6-8-13)15-19-11(2)21-22-15/h3-10H,1-2H3,(H,20,26)(H,24,27)(H,19,21,22). The summed E-state index contributed by atoms with van der Waals surface area (Å²) in [5, 5.41) is 18.9. The number of aromatic amines is 2. The van der Waals surface area contributed by atoms with E-state index in [1.807, 2.05) is 48.7 Å². The number of amides is 1. The number of carbonyl (C=O) groups is 1. The second-order valence-electron chi connectivity index (χ2n) is 6.19. The van der Waals surface area contributed by atoms with E-state index in [1.54, 1.807) is 22.8 Å². The molecule has 4 rings (SSSR count). The summed E-state index contributed by atoms with van der Waals surface area (Å²) in [6.07, 6.45) is 0. The van der Waals surface area contributed by atoms with Crippen molar-refractivity contribution in [2.75, 3.05) is 5.32 Å². The molecule has 10 heteroatoms. The molecule has 0 radical (unpaired) electrons. The molecule has 8 nitrogen and oxygen atoms in total. The van der Waals surface area contributed by atoms with Gasteiger partial charge in [-0.1, -0.05) is 6.07 Å². The largest absolute Gasteiger partial charge is 0.324 e. The van der Waals surface area contributed by atoms with Crippen LogP contribution in [0.3, 0.4) is 0 Å². The highest BCUT2D eigenvalue weighted by molar-refractivity contribution is 7.71. The van der Waals surface area contributed by atoms with E-state index >= 15 is 0 Å². The predicted molar refractivity (Wildman–Crippen MR) is 111 cm³/mol. The summed E-state index contributed by atoms with van der Waals surface area (Å²) in [5.74, 6) is 1.84. The summed E-state index contributed by atoms with van der Waals surface area (Å²) in [6, 6.07) is 10.7. The Kier molecular flexibility index (Phi) is 4.88. The van der Waals surface area contributed by atoms with Crippen molar-refractivity contribution in [2.45, 2.75) is 19.9 Å². The fourth-order valence-electron chi connectivity index (χ4n) is 2.78. The van der Waals surface area contributed by atoms with Crippen LogP contribution in [0.2, 0.25) is 0 Å². The number of anilines is 1. The molecule has 0 saturated heterocycles. The Morgan fingerprint density at radius 1 is 1.21 bits per heavy atom. The highest BCUT2D eigenvalue weighted by Gasteiger charge is 2.21. The molecule has 142 valence electrons. The van der Waals surface area contributed by atoms with Gasteiger partial charge in [-0.3, -0.25) is 19.6 Å². The van der Waals surface area contributed by atoms with Gasteiger partial charge in [0.15, 0.2) is 16.4 Å². The first-order valence-electron chi connectivity index (χ1n) is 8.54. The van der Waals surface area contributed by atoms with Crippen LogP contribution >= 0.6 is 23.6 Å². The van der Waals surface area contributed by atoms with Crippen LogP contribution in [0.4, 0.5) is 5.69 Å². The van der Waals surface area contributed by atoms with Crippen molar-refractivity contribution in [2.24, 2.45) is 0 Å². The zero-order valence-corrected chi connectivity index (χ0v) is 16.8. The molecule has 28 heavy (non-hydrogen) atoms. The lowest BCUT2D eigenvalue weighted by atomic mass is 10.2. The fraction of sp³-hybridized carbons (Fsp3) is 0.167. The Labute approximate surface area is 169 Å². The molecule has 1 unspecified atom stereocenters. The first-order chi connectivity index (χ1) is 13.5. The molecule has 3 N–H and O–H groups in total. The minimum absolute atomic E-state index is 0.184. The van der Waals surface area contributed by atoms with Crippen molar-refractivity contribution in [3.05, 3.63) is 52.4 Å². The molecule has 3 aromatic heterocycles. The number of benzene rings is 1. The van der Waals surface area contributed by atoms with Crippen molar-refractivity contribution in [1.82, 2.24) is 29.9 Å². The number of aryl methyl sites for hydroxylation is 1. The van der Waals surface area contributed by atoms with Gasteiger partial charge < -0.3 is 5.32 Å². The first kappa shape index (κ1) is 18.3. The van der Waals surface area contributed by atoms with Gasteiger partial charge in [0.1, 0.15) is 11.9 Å². The van der Waals surface area contributed by atoms with E-state index in [9.17, 15) is 4.79 Å². The molecule has 0 saturated carbocycles. The van der Waals surface area contributed by atoms with Crippen LogP contribution in [-0.2, 0) is 4.79 Å². The van der Waals surface area contributed by atoms with Gasteiger partial charge in [0, 0.05) is 11.3 Å². The molecule has 0 aliphatic rings. The predicted octanol–water partition coefficient (Wildman–Crippen LogP) is 3.96. The van der Waals surface area contributed by atoms with Crippen LogP contribution in [-0.4, -0.2) is 35.9 Å². The monoisotopic (exact) mass is 411 g/mol. The minimum Gasteiger partial charge on any atom is -0.324 e. The lowest BCUT2D eigenvalue weighted by Crippen LogP contribution is -2.24. The molecular weight excluding hydrogens is 394 g/mol. The third-order valence-corrected chi connectivity index (χ3v) is 5.37. The molecule has 0 aliphatic heterocycles. The van der Waals surface area contributed by atoms with Gasteiger partial charge in [-0.15, -0.1) is 11.3 Å². The number of rotatable bonds is 5. The summed E-state index contributed by atoms with van der Waals surface area (Å²) in [6.45, 7) is 3.64. The Balaban J connectivity index is 1.53. The van der Waals surface area contributed by atoms with E-state index in [2.05, 4.69) is 30.7 Å². The third kappa shape index (κ3) is 3.51. The highest BCUT2D eigenvalue weighted by atomic mass is 32.1. The lowest BCUT2D eigenvalue weighted by Gasteiger charge is -2.15. The maximum atomic E-state index is 12.8. The molecular formula is C18H17N7OS2. The SMILES string of the molecule is Cc1nc(-c2ccc(NC(=O)C(C)n3c(-c4cccs4)n[nH]c3=S)cc2)n[nH]1. The van der Waals surface area contributed by atoms with Crippen molar-refractivity contribution < 1.29 is 4.79 Å². The minimum atomic E-state index is -0.529. The van der Waals surface area contributed by atoms with E-state index < -0.39 is 6.04 Å². The summed E-state index contributed by atoms with van der Waals surface area (Å²) in [4.78, 5) is 18.0. The van der Waals surface area contributed by atoms with Crippen LogP contribution in [0.5, 0.6) is 0 Å². The van der Waals surface area contributed by atoms with E-state index in [-0.39, 0.29) is 5.91 Å². The quantitative estimate of drug-likeness (QED) is 0.431. The summed E-state index contributed by atoms with van der Waals surface area (Å²) in [5.41, 5.74) is 1.55. The smallest absolute Gasteiger partial charge is 0.247 e. The van der Waals surface area contributed by atoms with Crippen molar-refractivity contribution in [3.8, 4) is 22.1 Å². The third-order valence-electron chi connectivity index (χ3n) is 4.22. The lowest BCUT2D eigenvalue weighted by molar-refractivity contribution is -0.118. The first-order valence-corrected chi connectivity index (χ1v) is 9.83. The van der Waals surface area contributed by atoms with Gasteiger partial charge in [-0.25, -0.2) is 4.98 Å². The number of hydrogen-bond acceptors (Lipinski definition) is 6. The highest BCUT2D eigenvalue weighted by Crippen LogP contribution is 2.26. The summed E-state index contributed by atoms with van der Waals surface area (Å²) < 4.78 is 2.13. The van der Waals surface area contributed by atoms with Gasteiger partial charge >= 0.3 is 0 Å². The average Bonchev–Trinajstić information content (AvgIpc) is 3.42. The van der Waals surface area contributed by atoms with Crippen LogP contribution in [0, 0.1) is 11.7 Å². The Morgan fingerprint density at radius 3 is 2.64 bits per heavy atom. The number of thiophene rings is 1. The molecule has 1 amide bonds. The van der Waals surface area contributed by atoms with Crippen LogP contribution in [0.1, 0.15) is 18.8 Å². The maximum Gasteiger partial charge on any atom is 0.247 e. The van der Waals surface area contributed by atoms with Gasteiger partial charge in [-0.05, 0) is 61.8 Å². The summed E-state index contributed by atoms with van der Waals surface area (Å²) >= 11 is 6.87. The van der Waals surface area contributed by atoms with Crippen molar-refractivity contribution in [1.29, 1.82) is 0 Å². The number of hydrogen-bond donors (Lipinski definition) is 3. The van der Waals surface area contributed by atoms with Crippen molar-refractivity contribution in [3.63, 3.8) is 0 Å². The fourth-order valence-corrected chi connectivity index (χ4v) is 3.78. The van der Waals surface area contributed by atoms with Crippen molar-refractivity contribution >= 4 is 35.1 Å². The molecule has 0 fully saturated rings. The van der Waals surface area contributed by atoms with Gasteiger partial charge in [0.2, 0.25) is 5.91 Å². The molecule has 0 aliphatic carbocycles.